The molecule has 0 fully saturated rings. The van der Waals surface area contributed by atoms with E-state index < -0.39 is 0 Å². The van der Waals surface area contributed by atoms with Crippen LogP contribution in [0.25, 0.3) is 11.5 Å². The van der Waals surface area contributed by atoms with Crippen LogP contribution in [-0.2, 0) is 6.54 Å². The Hall–Kier alpha value is -2.41. The molecular formula is C11H9ClN6O. The highest BCUT2D eigenvalue weighted by atomic mass is 35.5. The topological polar surface area (TPSA) is 92.5 Å². The van der Waals surface area contributed by atoms with E-state index in [9.17, 15) is 0 Å². The summed E-state index contributed by atoms with van der Waals surface area (Å²) in [6.45, 7) is 0.408. The van der Waals surface area contributed by atoms with Crippen molar-refractivity contribution in [3.63, 3.8) is 0 Å². The quantitative estimate of drug-likeness (QED) is 0.758. The number of hydrogen-bond acceptors (Lipinski definition) is 6. The number of hydrogen-bond donors (Lipinski definition) is 2. The zero-order valence-electron chi connectivity index (χ0n) is 9.67. The summed E-state index contributed by atoms with van der Waals surface area (Å²) in [5.41, 5.74) is 1.42. The highest BCUT2D eigenvalue weighted by molar-refractivity contribution is 6.30. The fourth-order valence-electron chi connectivity index (χ4n) is 1.52. The number of H-pyrrole nitrogens is 1. The van der Waals surface area contributed by atoms with Crippen molar-refractivity contribution in [2.45, 2.75) is 6.54 Å². The standard InChI is InChI=1S/C11H9ClN6O/c12-7-2-1-3-8(4-7)13-6-10-15-11(17-19-10)9-5-14-18-16-9/h1-5,13H,6H2,(H,14,16,18). The molecule has 1 aromatic carbocycles. The number of rotatable bonds is 4. The zero-order valence-corrected chi connectivity index (χ0v) is 10.4. The van der Waals surface area contributed by atoms with Crippen molar-refractivity contribution in [3.8, 4) is 11.5 Å². The van der Waals surface area contributed by atoms with Gasteiger partial charge in [0.25, 0.3) is 0 Å². The highest BCUT2D eigenvalue weighted by Crippen LogP contribution is 2.16. The van der Waals surface area contributed by atoms with Gasteiger partial charge in [0.05, 0.1) is 12.7 Å². The van der Waals surface area contributed by atoms with Crippen LogP contribution in [0.4, 0.5) is 5.69 Å². The number of aromatic nitrogens is 5. The summed E-state index contributed by atoms with van der Waals surface area (Å²) in [4.78, 5) is 4.19. The number of aromatic amines is 1. The molecule has 0 aliphatic carbocycles. The molecule has 0 unspecified atom stereocenters. The van der Waals surface area contributed by atoms with Crippen LogP contribution < -0.4 is 5.32 Å². The lowest BCUT2D eigenvalue weighted by molar-refractivity contribution is 0.384. The summed E-state index contributed by atoms with van der Waals surface area (Å²) in [7, 11) is 0. The van der Waals surface area contributed by atoms with E-state index >= 15 is 0 Å². The lowest BCUT2D eigenvalue weighted by Gasteiger charge is -2.02. The Morgan fingerprint density at radius 3 is 3.11 bits per heavy atom. The molecule has 0 spiro atoms. The lowest BCUT2D eigenvalue weighted by atomic mass is 10.3. The molecule has 7 nitrogen and oxygen atoms in total. The van der Waals surface area contributed by atoms with Crippen LogP contribution in [0.15, 0.2) is 35.0 Å². The van der Waals surface area contributed by atoms with Gasteiger partial charge in [-0.05, 0) is 18.2 Å². The van der Waals surface area contributed by atoms with Crippen LogP contribution in [0, 0.1) is 0 Å². The number of nitrogens with zero attached hydrogens (tertiary/aromatic N) is 4. The number of nitrogens with one attached hydrogen (secondary N) is 2. The average Bonchev–Trinajstić information content (AvgIpc) is 3.07. The van der Waals surface area contributed by atoms with Crippen molar-refractivity contribution in [1.82, 2.24) is 25.6 Å². The molecule has 2 aromatic heterocycles. The van der Waals surface area contributed by atoms with Crippen LogP contribution >= 0.6 is 11.6 Å². The summed E-state index contributed by atoms with van der Waals surface area (Å²) in [6.07, 6.45) is 1.53. The first kappa shape index (κ1) is 11.7. The monoisotopic (exact) mass is 276 g/mol. The normalized spacial score (nSPS) is 10.6. The number of halogens is 1. The van der Waals surface area contributed by atoms with Gasteiger partial charge in [0, 0.05) is 10.7 Å². The maximum absolute atomic E-state index is 5.89. The fourth-order valence-corrected chi connectivity index (χ4v) is 1.71. The Morgan fingerprint density at radius 1 is 1.37 bits per heavy atom. The molecule has 2 N–H and O–H groups in total. The van der Waals surface area contributed by atoms with E-state index in [4.69, 9.17) is 16.1 Å². The summed E-state index contributed by atoms with van der Waals surface area (Å²) in [6, 6.07) is 7.39. The fraction of sp³-hybridized carbons (Fsp3) is 0.0909. The Morgan fingerprint density at radius 2 is 2.32 bits per heavy atom. The third-order valence-electron chi connectivity index (χ3n) is 2.38. The molecular weight excluding hydrogens is 268 g/mol. The van der Waals surface area contributed by atoms with E-state index in [0.717, 1.165) is 5.69 Å². The van der Waals surface area contributed by atoms with Crippen molar-refractivity contribution < 1.29 is 4.52 Å². The van der Waals surface area contributed by atoms with Gasteiger partial charge in [-0.25, -0.2) is 0 Å². The first-order valence-electron chi connectivity index (χ1n) is 5.49. The molecule has 2 heterocycles. The average molecular weight is 277 g/mol. The third-order valence-corrected chi connectivity index (χ3v) is 2.62. The molecule has 3 rings (SSSR count). The van der Waals surface area contributed by atoms with Gasteiger partial charge in [-0.15, -0.1) is 0 Å². The number of benzene rings is 1. The van der Waals surface area contributed by atoms with E-state index in [1.165, 1.54) is 6.20 Å². The molecule has 0 amide bonds. The first-order valence-corrected chi connectivity index (χ1v) is 5.87. The second-order valence-corrected chi connectivity index (χ2v) is 4.17. The summed E-state index contributed by atoms with van der Waals surface area (Å²) < 4.78 is 5.10. The van der Waals surface area contributed by atoms with E-state index in [1.54, 1.807) is 0 Å². The second-order valence-electron chi connectivity index (χ2n) is 3.73. The Balaban J connectivity index is 1.68. The van der Waals surface area contributed by atoms with Crippen LogP contribution in [0.1, 0.15) is 5.89 Å². The molecule has 0 aliphatic rings. The van der Waals surface area contributed by atoms with Crippen molar-refractivity contribution in [3.05, 3.63) is 41.4 Å². The van der Waals surface area contributed by atoms with Crippen LogP contribution in [0.5, 0.6) is 0 Å². The van der Waals surface area contributed by atoms with Crippen molar-refractivity contribution in [2.75, 3.05) is 5.32 Å². The number of anilines is 1. The minimum atomic E-state index is 0.400. The van der Waals surface area contributed by atoms with Gasteiger partial charge in [0.15, 0.2) is 5.69 Å². The van der Waals surface area contributed by atoms with E-state index in [2.05, 4.69) is 30.9 Å². The SMILES string of the molecule is Clc1cccc(NCc2nc(-c3cn[nH]n3)no2)c1. The van der Waals surface area contributed by atoms with Crippen molar-refractivity contribution in [1.29, 1.82) is 0 Å². The molecule has 0 saturated heterocycles. The van der Waals surface area contributed by atoms with Gasteiger partial charge in [-0.3, -0.25) is 0 Å². The molecule has 0 saturated carbocycles. The minimum absolute atomic E-state index is 0.400. The van der Waals surface area contributed by atoms with Crippen LogP contribution in [-0.4, -0.2) is 25.6 Å². The third kappa shape index (κ3) is 2.71. The van der Waals surface area contributed by atoms with E-state index in [1.807, 2.05) is 24.3 Å². The molecule has 19 heavy (non-hydrogen) atoms. The van der Waals surface area contributed by atoms with Crippen molar-refractivity contribution >= 4 is 17.3 Å². The molecule has 0 bridgehead atoms. The second kappa shape index (κ2) is 5.07. The molecule has 8 heteroatoms. The van der Waals surface area contributed by atoms with Gasteiger partial charge < -0.3 is 9.84 Å². The van der Waals surface area contributed by atoms with Crippen LogP contribution in [0.3, 0.4) is 0 Å². The van der Waals surface area contributed by atoms with Gasteiger partial charge in [-0.1, -0.05) is 22.8 Å². The minimum Gasteiger partial charge on any atom is -0.376 e. The Labute approximate surface area is 113 Å². The van der Waals surface area contributed by atoms with Crippen molar-refractivity contribution in [2.24, 2.45) is 0 Å². The molecule has 0 aliphatic heterocycles. The smallest absolute Gasteiger partial charge is 0.246 e. The maximum atomic E-state index is 5.89. The van der Waals surface area contributed by atoms with Gasteiger partial charge in [0.1, 0.15) is 0 Å². The van der Waals surface area contributed by atoms with E-state index in [0.29, 0.717) is 29.0 Å². The van der Waals surface area contributed by atoms with E-state index in [-0.39, 0.29) is 0 Å². The summed E-state index contributed by atoms with van der Waals surface area (Å²) in [5, 5.41) is 17.7. The van der Waals surface area contributed by atoms with Crippen LogP contribution in [0.2, 0.25) is 5.02 Å². The summed E-state index contributed by atoms with van der Waals surface area (Å²) in [5.74, 6) is 0.856. The largest absolute Gasteiger partial charge is 0.376 e. The first-order chi connectivity index (χ1) is 9.31. The van der Waals surface area contributed by atoms with Gasteiger partial charge >= 0.3 is 0 Å². The molecule has 0 radical (unpaired) electrons. The van der Waals surface area contributed by atoms with Gasteiger partial charge in [-0.2, -0.15) is 20.4 Å². The predicted molar refractivity (Wildman–Crippen MR) is 68.5 cm³/mol. The lowest BCUT2D eigenvalue weighted by Crippen LogP contribution is -1.99. The molecule has 3 aromatic rings. The van der Waals surface area contributed by atoms with Gasteiger partial charge in [0.2, 0.25) is 11.7 Å². The predicted octanol–water partition coefficient (Wildman–Crippen LogP) is 2.12. The zero-order chi connectivity index (χ0) is 13.1. The molecule has 96 valence electrons. The highest BCUT2D eigenvalue weighted by Gasteiger charge is 2.10. The maximum Gasteiger partial charge on any atom is 0.246 e. The Kier molecular flexibility index (Phi) is 3.11. The molecule has 0 atom stereocenters. The Bertz CT molecular complexity index is 665. The summed E-state index contributed by atoms with van der Waals surface area (Å²) >= 11 is 5.89.